The Hall–Kier alpha value is -0.260. The second-order valence-electron chi connectivity index (χ2n) is 3.91. The van der Waals surface area contributed by atoms with Gasteiger partial charge < -0.3 is 5.32 Å². The number of thioether (sulfide) groups is 1. The molecular weight excluding hydrogens is 314 g/mol. The standard InChI is InChI=1S/C14H16ClNS3/c1-2-8-17-10-7-16-14(11-4-3-9-18-11)12-5-6-13(15)19-12/h2-6,9,14,16H,1,7-8,10H2. The van der Waals surface area contributed by atoms with Crippen molar-refractivity contribution in [1.82, 2.24) is 5.32 Å². The molecular formula is C14H16ClNS3. The van der Waals surface area contributed by atoms with E-state index in [9.17, 15) is 0 Å². The van der Waals surface area contributed by atoms with Gasteiger partial charge in [0.1, 0.15) is 0 Å². The number of hydrogen-bond donors (Lipinski definition) is 1. The van der Waals surface area contributed by atoms with E-state index < -0.39 is 0 Å². The van der Waals surface area contributed by atoms with Gasteiger partial charge >= 0.3 is 0 Å². The van der Waals surface area contributed by atoms with Crippen LogP contribution in [0.3, 0.4) is 0 Å². The molecule has 1 nitrogen and oxygen atoms in total. The van der Waals surface area contributed by atoms with Crippen LogP contribution >= 0.6 is 46.0 Å². The minimum atomic E-state index is 0.266. The lowest BCUT2D eigenvalue weighted by molar-refractivity contribution is 0.653. The molecule has 0 aliphatic carbocycles. The zero-order valence-electron chi connectivity index (χ0n) is 10.5. The third-order valence-electron chi connectivity index (χ3n) is 2.54. The van der Waals surface area contributed by atoms with Crippen LogP contribution in [0.25, 0.3) is 0 Å². The smallest absolute Gasteiger partial charge is 0.0931 e. The Morgan fingerprint density at radius 2 is 2.26 bits per heavy atom. The van der Waals surface area contributed by atoms with Gasteiger partial charge in [-0.05, 0) is 23.6 Å². The molecule has 102 valence electrons. The summed E-state index contributed by atoms with van der Waals surface area (Å²) in [5, 5.41) is 5.73. The number of nitrogens with one attached hydrogen (secondary N) is 1. The van der Waals surface area contributed by atoms with Crippen molar-refractivity contribution in [3.8, 4) is 0 Å². The van der Waals surface area contributed by atoms with Gasteiger partial charge in [0.15, 0.2) is 0 Å². The van der Waals surface area contributed by atoms with E-state index in [1.165, 1.54) is 9.75 Å². The molecule has 0 aliphatic rings. The summed E-state index contributed by atoms with van der Waals surface area (Å²) in [4.78, 5) is 2.62. The summed E-state index contributed by atoms with van der Waals surface area (Å²) in [6.07, 6.45) is 1.94. The highest BCUT2D eigenvalue weighted by Crippen LogP contribution is 2.32. The van der Waals surface area contributed by atoms with Crippen molar-refractivity contribution in [2.45, 2.75) is 6.04 Å². The molecule has 0 saturated carbocycles. The van der Waals surface area contributed by atoms with Crippen LogP contribution < -0.4 is 5.32 Å². The first-order valence-electron chi connectivity index (χ1n) is 6.02. The molecule has 0 aliphatic heterocycles. The van der Waals surface area contributed by atoms with Gasteiger partial charge in [0, 0.05) is 27.8 Å². The van der Waals surface area contributed by atoms with Gasteiger partial charge in [-0.15, -0.1) is 29.3 Å². The highest BCUT2D eigenvalue weighted by Gasteiger charge is 2.16. The largest absolute Gasteiger partial charge is 0.304 e. The lowest BCUT2D eigenvalue weighted by Gasteiger charge is -2.15. The molecule has 2 heterocycles. The van der Waals surface area contributed by atoms with Crippen LogP contribution in [-0.2, 0) is 0 Å². The maximum absolute atomic E-state index is 6.05. The Bertz CT molecular complexity index is 493. The topological polar surface area (TPSA) is 12.0 Å². The summed E-state index contributed by atoms with van der Waals surface area (Å²) in [7, 11) is 0. The van der Waals surface area contributed by atoms with Crippen molar-refractivity contribution in [2.75, 3.05) is 18.1 Å². The minimum Gasteiger partial charge on any atom is -0.304 e. The Morgan fingerprint density at radius 3 is 2.89 bits per heavy atom. The maximum atomic E-state index is 6.05. The molecule has 2 aromatic rings. The van der Waals surface area contributed by atoms with E-state index in [0.29, 0.717) is 0 Å². The summed E-state index contributed by atoms with van der Waals surface area (Å²) in [5.41, 5.74) is 0. The van der Waals surface area contributed by atoms with Crippen molar-refractivity contribution >= 4 is 46.0 Å². The Labute approximate surface area is 131 Å². The van der Waals surface area contributed by atoms with Crippen LogP contribution in [0.4, 0.5) is 0 Å². The monoisotopic (exact) mass is 329 g/mol. The fourth-order valence-electron chi connectivity index (χ4n) is 1.72. The maximum Gasteiger partial charge on any atom is 0.0931 e. The van der Waals surface area contributed by atoms with Crippen LogP contribution in [0.2, 0.25) is 4.34 Å². The van der Waals surface area contributed by atoms with E-state index in [2.05, 4.69) is 35.5 Å². The van der Waals surface area contributed by atoms with E-state index in [1.807, 2.05) is 23.9 Å². The summed E-state index contributed by atoms with van der Waals surface area (Å²) in [5.74, 6) is 2.10. The fourth-order valence-corrected chi connectivity index (χ4v) is 4.37. The molecule has 2 aromatic heterocycles. The molecule has 0 fully saturated rings. The highest BCUT2D eigenvalue weighted by molar-refractivity contribution is 7.99. The fraction of sp³-hybridized carbons (Fsp3) is 0.286. The van der Waals surface area contributed by atoms with E-state index in [0.717, 1.165) is 22.4 Å². The van der Waals surface area contributed by atoms with Gasteiger partial charge in [-0.1, -0.05) is 23.7 Å². The molecule has 5 heteroatoms. The first-order valence-corrected chi connectivity index (χ1v) is 9.25. The van der Waals surface area contributed by atoms with E-state index in [4.69, 9.17) is 11.6 Å². The molecule has 19 heavy (non-hydrogen) atoms. The summed E-state index contributed by atoms with van der Waals surface area (Å²) in [6.45, 7) is 4.71. The average Bonchev–Trinajstić information content (AvgIpc) is 3.05. The van der Waals surface area contributed by atoms with Gasteiger partial charge in [0.05, 0.1) is 10.4 Å². The molecule has 1 N–H and O–H groups in total. The third kappa shape index (κ3) is 4.65. The minimum absolute atomic E-state index is 0.266. The first-order chi connectivity index (χ1) is 9.31. The summed E-state index contributed by atoms with van der Waals surface area (Å²) < 4.78 is 0.847. The lowest BCUT2D eigenvalue weighted by atomic mass is 10.2. The van der Waals surface area contributed by atoms with Crippen molar-refractivity contribution in [3.63, 3.8) is 0 Å². The van der Waals surface area contributed by atoms with Gasteiger partial charge in [0.2, 0.25) is 0 Å². The van der Waals surface area contributed by atoms with Crippen molar-refractivity contribution in [2.24, 2.45) is 0 Å². The predicted molar refractivity (Wildman–Crippen MR) is 91.0 cm³/mol. The quantitative estimate of drug-likeness (QED) is 0.536. The molecule has 0 aromatic carbocycles. The van der Waals surface area contributed by atoms with Crippen molar-refractivity contribution in [1.29, 1.82) is 0 Å². The van der Waals surface area contributed by atoms with Crippen molar-refractivity contribution in [3.05, 3.63) is 56.4 Å². The normalized spacial score (nSPS) is 12.5. The van der Waals surface area contributed by atoms with Crippen molar-refractivity contribution < 1.29 is 0 Å². The van der Waals surface area contributed by atoms with E-state index in [-0.39, 0.29) is 6.04 Å². The van der Waals surface area contributed by atoms with Crippen LogP contribution in [0.5, 0.6) is 0 Å². The van der Waals surface area contributed by atoms with Gasteiger partial charge in [-0.2, -0.15) is 11.8 Å². The van der Waals surface area contributed by atoms with Crippen LogP contribution in [0.15, 0.2) is 42.3 Å². The zero-order valence-corrected chi connectivity index (χ0v) is 13.7. The van der Waals surface area contributed by atoms with Crippen LogP contribution in [0.1, 0.15) is 15.8 Å². The second-order valence-corrected chi connectivity index (χ2v) is 7.78. The molecule has 0 radical (unpaired) electrons. The molecule has 2 rings (SSSR count). The third-order valence-corrected chi connectivity index (χ3v) is 5.73. The number of thiophene rings is 2. The second kappa shape index (κ2) is 8.12. The predicted octanol–water partition coefficient (Wildman–Crippen LogP) is 5.06. The Kier molecular flexibility index (Phi) is 6.47. The molecule has 1 unspecified atom stereocenters. The number of halogens is 1. The van der Waals surface area contributed by atoms with E-state index in [1.54, 1.807) is 22.7 Å². The zero-order chi connectivity index (χ0) is 13.5. The van der Waals surface area contributed by atoms with Gasteiger partial charge in [-0.3, -0.25) is 0 Å². The SMILES string of the molecule is C=CCSCCNC(c1cccs1)c1ccc(Cl)s1. The number of hydrogen-bond acceptors (Lipinski definition) is 4. The average molecular weight is 330 g/mol. The van der Waals surface area contributed by atoms with E-state index >= 15 is 0 Å². The molecule has 0 saturated heterocycles. The molecule has 0 spiro atoms. The highest BCUT2D eigenvalue weighted by atomic mass is 35.5. The number of rotatable bonds is 8. The molecule has 1 atom stereocenters. The molecule has 0 amide bonds. The van der Waals surface area contributed by atoms with Crippen LogP contribution in [0, 0.1) is 0 Å². The summed E-state index contributed by atoms with van der Waals surface area (Å²) >= 11 is 11.4. The molecule has 0 bridgehead atoms. The first kappa shape index (κ1) is 15.1. The summed E-state index contributed by atoms with van der Waals surface area (Å²) in [6, 6.07) is 8.61. The Morgan fingerprint density at radius 1 is 1.37 bits per heavy atom. The van der Waals surface area contributed by atoms with Crippen LogP contribution in [-0.4, -0.2) is 18.1 Å². The lowest BCUT2D eigenvalue weighted by Crippen LogP contribution is -2.23. The van der Waals surface area contributed by atoms with Gasteiger partial charge in [0.25, 0.3) is 0 Å². The Balaban J connectivity index is 1.97. The van der Waals surface area contributed by atoms with Gasteiger partial charge in [-0.25, -0.2) is 0 Å².